The van der Waals surface area contributed by atoms with Gasteiger partial charge in [0.1, 0.15) is 0 Å². The van der Waals surface area contributed by atoms with Crippen molar-refractivity contribution in [1.82, 2.24) is 10.2 Å². The molecule has 18 heavy (non-hydrogen) atoms. The molecule has 1 fully saturated rings. The Balaban J connectivity index is 1.95. The SMILES string of the molecule is CCCS(=O)(=O)CCNCCCN1CCOCC1. The lowest BCUT2D eigenvalue weighted by Gasteiger charge is -2.26. The first kappa shape index (κ1) is 15.9. The van der Waals surface area contributed by atoms with Gasteiger partial charge in [-0.05, 0) is 25.9 Å². The molecule has 1 saturated heterocycles. The maximum Gasteiger partial charge on any atom is 0.151 e. The molecule has 0 bridgehead atoms. The molecule has 1 aliphatic rings. The van der Waals surface area contributed by atoms with Gasteiger partial charge in [0.2, 0.25) is 0 Å². The zero-order valence-electron chi connectivity index (χ0n) is 11.4. The van der Waals surface area contributed by atoms with Crippen LogP contribution < -0.4 is 5.32 Å². The van der Waals surface area contributed by atoms with Gasteiger partial charge in [0.05, 0.1) is 19.0 Å². The summed E-state index contributed by atoms with van der Waals surface area (Å²) in [6.07, 6.45) is 1.77. The Labute approximate surface area is 111 Å². The van der Waals surface area contributed by atoms with Crippen molar-refractivity contribution in [2.24, 2.45) is 0 Å². The maximum atomic E-state index is 11.4. The minimum atomic E-state index is -2.83. The van der Waals surface area contributed by atoms with Crippen molar-refractivity contribution in [3.05, 3.63) is 0 Å². The molecule has 5 nitrogen and oxygen atoms in total. The molecule has 0 aromatic rings. The van der Waals surface area contributed by atoms with Crippen molar-refractivity contribution in [2.45, 2.75) is 19.8 Å². The molecule has 1 rings (SSSR count). The maximum absolute atomic E-state index is 11.4. The zero-order valence-corrected chi connectivity index (χ0v) is 12.2. The lowest BCUT2D eigenvalue weighted by molar-refractivity contribution is 0.0375. The molecule has 0 spiro atoms. The largest absolute Gasteiger partial charge is 0.379 e. The molecule has 0 aromatic heterocycles. The molecule has 0 atom stereocenters. The molecule has 0 unspecified atom stereocenters. The molecule has 0 radical (unpaired) electrons. The van der Waals surface area contributed by atoms with Crippen LogP contribution in [-0.2, 0) is 14.6 Å². The van der Waals surface area contributed by atoms with Crippen LogP contribution in [0, 0.1) is 0 Å². The summed E-state index contributed by atoms with van der Waals surface area (Å²) in [5, 5.41) is 3.20. The molecule has 1 heterocycles. The Bertz CT molecular complexity index is 300. The van der Waals surface area contributed by atoms with Gasteiger partial charge in [0.25, 0.3) is 0 Å². The molecule has 1 aliphatic heterocycles. The van der Waals surface area contributed by atoms with Crippen LogP contribution in [0.5, 0.6) is 0 Å². The van der Waals surface area contributed by atoms with E-state index in [0.717, 1.165) is 45.8 Å². The van der Waals surface area contributed by atoms with E-state index >= 15 is 0 Å². The quantitative estimate of drug-likeness (QED) is 0.607. The van der Waals surface area contributed by atoms with E-state index in [9.17, 15) is 8.42 Å². The Morgan fingerprint density at radius 3 is 2.56 bits per heavy atom. The highest BCUT2D eigenvalue weighted by atomic mass is 32.2. The Morgan fingerprint density at radius 1 is 1.17 bits per heavy atom. The standard InChI is InChI=1S/C12H26N2O3S/c1-2-11-18(15,16)12-5-13-4-3-6-14-7-9-17-10-8-14/h13H,2-12H2,1H3. The first-order valence-corrected chi connectivity index (χ1v) is 8.67. The van der Waals surface area contributed by atoms with Gasteiger partial charge >= 0.3 is 0 Å². The minimum absolute atomic E-state index is 0.262. The fourth-order valence-electron chi connectivity index (χ4n) is 2.02. The van der Waals surface area contributed by atoms with E-state index in [4.69, 9.17) is 4.74 Å². The van der Waals surface area contributed by atoms with Crippen LogP contribution in [-0.4, -0.2) is 70.8 Å². The summed E-state index contributed by atoms with van der Waals surface area (Å²) in [5.74, 6) is 0.570. The Kier molecular flexibility index (Phi) is 7.81. The second-order valence-electron chi connectivity index (χ2n) is 4.71. The highest BCUT2D eigenvalue weighted by Gasteiger charge is 2.10. The van der Waals surface area contributed by atoms with Crippen molar-refractivity contribution < 1.29 is 13.2 Å². The van der Waals surface area contributed by atoms with Crippen molar-refractivity contribution in [2.75, 3.05) is 57.4 Å². The Hall–Kier alpha value is -0.170. The van der Waals surface area contributed by atoms with Gasteiger partial charge in [-0.2, -0.15) is 0 Å². The van der Waals surface area contributed by atoms with Crippen LogP contribution in [0.3, 0.4) is 0 Å². The second-order valence-corrected chi connectivity index (χ2v) is 7.01. The fourth-order valence-corrected chi connectivity index (χ4v) is 3.30. The molecule has 108 valence electrons. The third-order valence-electron chi connectivity index (χ3n) is 3.04. The third kappa shape index (κ3) is 7.31. The normalized spacial score (nSPS) is 18.1. The molecular formula is C12H26N2O3S. The summed E-state index contributed by atoms with van der Waals surface area (Å²) in [7, 11) is -2.83. The van der Waals surface area contributed by atoms with E-state index in [1.165, 1.54) is 0 Å². The summed E-state index contributed by atoms with van der Waals surface area (Å²) < 4.78 is 28.2. The molecule has 0 amide bonds. The molecular weight excluding hydrogens is 252 g/mol. The van der Waals surface area contributed by atoms with E-state index in [0.29, 0.717) is 18.7 Å². The predicted molar refractivity (Wildman–Crippen MR) is 73.7 cm³/mol. The third-order valence-corrected chi connectivity index (χ3v) is 4.89. The number of nitrogens with one attached hydrogen (secondary N) is 1. The first-order chi connectivity index (χ1) is 8.64. The van der Waals surface area contributed by atoms with E-state index in [-0.39, 0.29) is 5.75 Å². The first-order valence-electron chi connectivity index (χ1n) is 6.85. The van der Waals surface area contributed by atoms with Crippen molar-refractivity contribution in [3.8, 4) is 0 Å². The number of ether oxygens (including phenoxy) is 1. The lowest BCUT2D eigenvalue weighted by Crippen LogP contribution is -2.38. The van der Waals surface area contributed by atoms with E-state index < -0.39 is 9.84 Å². The topological polar surface area (TPSA) is 58.6 Å². The van der Waals surface area contributed by atoms with Crippen molar-refractivity contribution in [3.63, 3.8) is 0 Å². The van der Waals surface area contributed by atoms with E-state index in [1.807, 2.05) is 6.92 Å². The van der Waals surface area contributed by atoms with Crippen LogP contribution >= 0.6 is 0 Å². The van der Waals surface area contributed by atoms with Crippen molar-refractivity contribution in [1.29, 1.82) is 0 Å². The van der Waals surface area contributed by atoms with Gasteiger partial charge in [-0.1, -0.05) is 6.92 Å². The summed E-state index contributed by atoms with van der Waals surface area (Å²) in [5.41, 5.74) is 0. The molecule has 0 saturated carbocycles. The average molecular weight is 278 g/mol. The summed E-state index contributed by atoms with van der Waals surface area (Å²) >= 11 is 0. The van der Waals surface area contributed by atoms with Crippen LogP contribution in [0.1, 0.15) is 19.8 Å². The Morgan fingerprint density at radius 2 is 1.89 bits per heavy atom. The van der Waals surface area contributed by atoms with E-state index in [1.54, 1.807) is 0 Å². The summed E-state index contributed by atoms with van der Waals surface area (Å²) in [6, 6.07) is 0. The van der Waals surface area contributed by atoms with Crippen molar-refractivity contribution >= 4 is 9.84 Å². The van der Waals surface area contributed by atoms with Crippen LogP contribution in [0.15, 0.2) is 0 Å². The summed E-state index contributed by atoms with van der Waals surface area (Å²) in [4.78, 5) is 2.39. The lowest BCUT2D eigenvalue weighted by atomic mass is 10.3. The number of morpholine rings is 1. The smallest absolute Gasteiger partial charge is 0.151 e. The van der Waals surface area contributed by atoms with E-state index in [2.05, 4.69) is 10.2 Å². The van der Waals surface area contributed by atoms with Gasteiger partial charge in [0.15, 0.2) is 9.84 Å². The van der Waals surface area contributed by atoms with Gasteiger partial charge < -0.3 is 10.1 Å². The predicted octanol–water partition coefficient (Wildman–Crippen LogP) is 0.123. The number of sulfone groups is 1. The van der Waals surface area contributed by atoms with Crippen LogP contribution in [0.2, 0.25) is 0 Å². The van der Waals surface area contributed by atoms with Crippen LogP contribution in [0.4, 0.5) is 0 Å². The molecule has 6 heteroatoms. The summed E-state index contributed by atoms with van der Waals surface area (Å²) in [6.45, 7) is 8.14. The van der Waals surface area contributed by atoms with Gasteiger partial charge in [-0.3, -0.25) is 4.90 Å². The number of hydrogen-bond donors (Lipinski definition) is 1. The van der Waals surface area contributed by atoms with Gasteiger partial charge in [-0.15, -0.1) is 0 Å². The highest BCUT2D eigenvalue weighted by molar-refractivity contribution is 7.91. The second kappa shape index (κ2) is 8.85. The molecule has 0 aromatic carbocycles. The fraction of sp³-hybridized carbons (Fsp3) is 1.00. The number of rotatable bonds is 9. The highest BCUT2D eigenvalue weighted by Crippen LogP contribution is 1.97. The monoisotopic (exact) mass is 278 g/mol. The number of hydrogen-bond acceptors (Lipinski definition) is 5. The van der Waals surface area contributed by atoms with Gasteiger partial charge in [0, 0.05) is 25.4 Å². The minimum Gasteiger partial charge on any atom is -0.379 e. The molecule has 0 aliphatic carbocycles. The molecule has 1 N–H and O–H groups in total. The number of nitrogens with zero attached hydrogens (tertiary/aromatic N) is 1. The van der Waals surface area contributed by atoms with Gasteiger partial charge in [-0.25, -0.2) is 8.42 Å². The zero-order chi connectivity index (χ0) is 13.3. The average Bonchev–Trinajstić information content (AvgIpc) is 2.35. The van der Waals surface area contributed by atoms with Crippen LogP contribution in [0.25, 0.3) is 0 Å².